The molecule has 0 aliphatic rings. The van der Waals surface area contributed by atoms with Gasteiger partial charge in [-0.2, -0.15) is 8.42 Å². The Kier molecular flexibility index (Phi) is 3.92. The van der Waals surface area contributed by atoms with Crippen LogP contribution in [0.15, 0.2) is 0 Å². The van der Waals surface area contributed by atoms with Gasteiger partial charge in [0.15, 0.2) is 5.37 Å². The fourth-order valence-corrected chi connectivity index (χ4v) is 2.77. The largest absolute Gasteiger partial charge is 0.743 e. The summed E-state index contributed by atoms with van der Waals surface area (Å²) in [5.41, 5.74) is 0. The molecule has 0 fully saturated rings. The van der Waals surface area contributed by atoms with E-state index < -0.39 is 35.5 Å². The van der Waals surface area contributed by atoms with Gasteiger partial charge in [-0.3, -0.25) is 9.04 Å². The lowest BCUT2D eigenvalue weighted by atomic mass is 10.4. The highest BCUT2D eigenvalue weighted by atomic mass is 32.2. The number of quaternary nitrogens is 1. The lowest BCUT2D eigenvalue weighted by Gasteiger charge is -2.40. The van der Waals surface area contributed by atoms with E-state index in [0.29, 0.717) is 0 Å². The number of hydrogen-bond acceptors (Lipinski definition) is 5. The van der Waals surface area contributed by atoms with Crippen LogP contribution in [0.1, 0.15) is 13.8 Å². The van der Waals surface area contributed by atoms with Gasteiger partial charge >= 0.3 is 10.1 Å². The van der Waals surface area contributed by atoms with Gasteiger partial charge in [0.2, 0.25) is 5.37 Å². The van der Waals surface area contributed by atoms with Crippen LogP contribution in [0.4, 0.5) is 0 Å². The molecule has 0 bridgehead atoms. The van der Waals surface area contributed by atoms with Gasteiger partial charge in [0.1, 0.15) is 10.1 Å². The lowest BCUT2D eigenvalue weighted by Crippen LogP contribution is -2.58. The van der Waals surface area contributed by atoms with Gasteiger partial charge in [0, 0.05) is 13.8 Å². The third-order valence-corrected chi connectivity index (χ3v) is 5.51. The third kappa shape index (κ3) is 3.38. The molecule has 0 amide bonds. The minimum Gasteiger partial charge on any atom is -0.743 e. The second kappa shape index (κ2) is 3.98. The molecular formula is C6H15NO6S2. The first-order valence-corrected chi connectivity index (χ1v) is 7.03. The Morgan fingerprint density at radius 3 is 1.60 bits per heavy atom. The topological polar surface area (TPSA) is 112 Å². The maximum Gasteiger partial charge on any atom is 0.319 e. The summed E-state index contributed by atoms with van der Waals surface area (Å²) in [7, 11) is -6.52. The molecule has 2 unspecified atom stereocenters. The second-order valence-electron chi connectivity index (χ2n) is 3.84. The van der Waals surface area contributed by atoms with Gasteiger partial charge in [-0.05, 0) is 0 Å². The molecule has 0 spiro atoms. The van der Waals surface area contributed by atoms with Crippen molar-refractivity contribution in [2.24, 2.45) is 0 Å². The minimum absolute atomic E-state index is 0.648. The van der Waals surface area contributed by atoms with E-state index in [4.69, 9.17) is 4.55 Å². The van der Waals surface area contributed by atoms with Crippen LogP contribution in [0.25, 0.3) is 0 Å². The summed E-state index contributed by atoms with van der Waals surface area (Å²) < 4.78 is 62.1. The molecule has 0 aliphatic carbocycles. The zero-order chi connectivity index (χ0) is 12.7. The maximum absolute atomic E-state index is 10.9. The van der Waals surface area contributed by atoms with E-state index >= 15 is 0 Å². The summed E-state index contributed by atoms with van der Waals surface area (Å²) >= 11 is 0. The summed E-state index contributed by atoms with van der Waals surface area (Å²) in [5, 5.41) is -2.86. The molecule has 0 rings (SSSR count). The highest BCUT2D eigenvalue weighted by Gasteiger charge is 2.41. The molecule has 7 nitrogen and oxygen atoms in total. The van der Waals surface area contributed by atoms with E-state index in [1.54, 1.807) is 0 Å². The van der Waals surface area contributed by atoms with Gasteiger partial charge in [-0.25, -0.2) is 8.42 Å². The molecule has 9 heteroatoms. The van der Waals surface area contributed by atoms with E-state index in [0.717, 1.165) is 13.8 Å². The summed E-state index contributed by atoms with van der Waals surface area (Å²) in [6, 6.07) is 0. The predicted octanol–water partition coefficient (Wildman–Crippen LogP) is -0.812. The normalized spacial score (nSPS) is 18.5. The smallest absolute Gasteiger partial charge is 0.319 e. The second-order valence-corrected chi connectivity index (χ2v) is 7.22. The number of rotatable bonds is 4. The van der Waals surface area contributed by atoms with Gasteiger partial charge in [0.25, 0.3) is 0 Å². The van der Waals surface area contributed by atoms with Gasteiger partial charge in [-0.1, -0.05) is 0 Å². The SMILES string of the molecule is CC([N+](C)(C)C(C)S(=O)(=O)O)S(=O)(=O)[O-]. The Morgan fingerprint density at radius 2 is 1.40 bits per heavy atom. The van der Waals surface area contributed by atoms with Crippen LogP contribution in [0.2, 0.25) is 0 Å². The fraction of sp³-hybridized carbons (Fsp3) is 1.00. The first-order valence-electron chi connectivity index (χ1n) is 4.05. The summed E-state index contributed by atoms with van der Waals surface area (Å²) in [6.07, 6.45) is 0. The van der Waals surface area contributed by atoms with Crippen molar-refractivity contribution in [2.75, 3.05) is 14.1 Å². The molecule has 0 heterocycles. The molecule has 2 atom stereocenters. The highest BCUT2D eigenvalue weighted by Crippen LogP contribution is 2.19. The van der Waals surface area contributed by atoms with Crippen LogP contribution in [0, 0.1) is 0 Å². The Balaban J connectivity index is 5.35. The van der Waals surface area contributed by atoms with E-state index in [1.165, 1.54) is 14.1 Å². The Morgan fingerprint density at radius 1 is 1.07 bits per heavy atom. The first-order chi connectivity index (χ1) is 6.31. The summed E-state index contributed by atoms with van der Waals surface area (Å²) in [6.45, 7) is 2.24. The van der Waals surface area contributed by atoms with Gasteiger partial charge in [-0.15, -0.1) is 0 Å². The van der Waals surface area contributed by atoms with Gasteiger partial charge in [0.05, 0.1) is 14.1 Å². The van der Waals surface area contributed by atoms with Crippen molar-refractivity contribution in [1.29, 1.82) is 0 Å². The van der Waals surface area contributed by atoms with Crippen molar-refractivity contribution in [3.05, 3.63) is 0 Å². The van der Waals surface area contributed by atoms with Crippen LogP contribution in [-0.2, 0) is 20.2 Å². The van der Waals surface area contributed by atoms with Crippen molar-refractivity contribution in [1.82, 2.24) is 0 Å². The van der Waals surface area contributed by atoms with Crippen LogP contribution in [0.3, 0.4) is 0 Å². The summed E-state index contributed by atoms with van der Waals surface area (Å²) in [5.74, 6) is 0. The van der Waals surface area contributed by atoms with Crippen LogP contribution in [-0.4, -0.2) is 55.3 Å². The van der Waals surface area contributed by atoms with Crippen molar-refractivity contribution < 1.29 is 30.4 Å². The number of hydrogen-bond donors (Lipinski definition) is 1. The number of nitrogens with zero attached hydrogens (tertiary/aromatic N) is 1. The molecule has 0 aliphatic heterocycles. The monoisotopic (exact) mass is 261 g/mol. The Hall–Kier alpha value is -0.220. The van der Waals surface area contributed by atoms with Crippen molar-refractivity contribution in [3.63, 3.8) is 0 Å². The maximum atomic E-state index is 10.9. The average molecular weight is 261 g/mol. The molecule has 0 aromatic heterocycles. The first kappa shape index (κ1) is 14.8. The quantitative estimate of drug-likeness (QED) is 0.523. The lowest BCUT2D eigenvalue weighted by molar-refractivity contribution is -0.909. The zero-order valence-corrected chi connectivity index (χ0v) is 10.5. The molecule has 0 aromatic carbocycles. The third-order valence-electron chi connectivity index (χ3n) is 2.72. The molecule has 0 radical (unpaired) electrons. The fourth-order valence-electron chi connectivity index (χ4n) is 0.972. The van der Waals surface area contributed by atoms with Crippen LogP contribution >= 0.6 is 0 Å². The van der Waals surface area contributed by atoms with Crippen molar-refractivity contribution >= 4 is 20.2 Å². The minimum atomic E-state index is -4.62. The molecule has 0 saturated heterocycles. The zero-order valence-electron chi connectivity index (χ0n) is 8.91. The Bertz CT molecular complexity index is 383. The van der Waals surface area contributed by atoms with E-state index in [9.17, 15) is 21.4 Å². The molecule has 0 aromatic rings. The van der Waals surface area contributed by atoms with Crippen LogP contribution < -0.4 is 0 Å². The van der Waals surface area contributed by atoms with Gasteiger partial charge < -0.3 is 4.55 Å². The molecule has 1 N–H and O–H groups in total. The van der Waals surface area contributed by atoms with E-state index in [-0.39, 0.29) is 0 Å². The molecule has 15 heavy (non-hydrogen) atoms. The van der Waals surface area contributed by atoms with Crippen molar-refractivity contribution in [3.8, 4) is 0 Å². The Labute approximate surface area is 89.8 Å². The van der Waals surface area contributed by atoms with Crippen molar-refractivity contribution in [2.45, 2.75) is 24.6 Å². The molecular weight excluding hydrogens is 246 g/mol. The molecule has 0 saturated carbocycles. The standard InChI is InChI=1S/C6H15NO6S2/c1-5(14(8,9)10)7(3,4)6(2)15(11,12)13/h5-6H,1-4H3,(H-,8,9,10,11,12,13). The predicted molar refractivity (Wildman–Crippen MR) is 52.3 cm³/mol. The van der Waals surface area contributed by atoms with E-state index in [2.05, 4.69) is 0 Å². The highest BCUT2D eigenvalue weighted by molar-refractivity contribution is 7.86. The molecule has 92 valence electrons. The summed E-state index contributed by atoms with van der Waals surface area (Å²) in [4.78, 5) is 0. The average Bonchev–Trinajstić information content (AvgIpc) is 1.98. The van der Waals surface area contributed by atoms with E-state index in [1.807, 2.05) is 0 Å². The van der Waals surface area contributed by atoms with Crippen LogP contribution in [0.5, 0.6) is 0 Å².